The molecular weight excluding hydrogens is 334 g/mol. The molecule has 0 saturated carbocycles. The average molecular weight is 348 g/mol. The first-order valence-corrected chi connectivity index (χ1v) is 8.57. The quantitative estimate of drug-likeness (QED) is 0.796. The van der Waals surface area contributed by atoms with E-state index in [0.717, 1.165) is 16.8 Å². The lowest BCUT2D eigenvalue weighted by Crippen LogP contribution is -2.07. The van der Waals surface area contributed by atoms with Gasteiger partial charge in [-0.15, -0.1) is 11.3 Å². The molecular formula is C12H14BrNO2S2. The van der Waals surface area contributed by atoms with Crippen molar-refractivity contribution >= 4 is 55.2 Å². The minimum absolute atomic E-state index is 0.00987. The highest BCUT2D eigenvalue weighted by Crippen LogP contribution is 2.29. The summed E-state index contributed by atoms with van der Waals surface area (Å²) in [5.74, 6) is 2.73. The van der Waals surface area contributed by atoms with Crippen molar-refractivity contribution in [3.8, 4) is 0 Å². The molecule has 98 valence electrons. The molecule has 2 heterocycles. The summed E-state index contributed by atoms with van der Waals surface area (Å²) in [7, 11) is 0. The summed E-state index contributed by atoms with van der Waals surface area (Å²) in [4.78, 5) is 11.8. The molecule has 0 bridgehead atoms. The third kappa shape index (κ3) is 3.30. The van der Waals surface area contributed by atoms with E-state index in [1.165, 1.54) is 29.6 Å². The molecule has 0 spiro atoms. The first kappa shape index (κ1) is 14.0. The Bertz CT molecular complexity index is 579. The SMILES string of the molecule is CCCSCCNc1cc(=O)c2scc(Br)c2o1. The van der Waals surface area contributed by atoms with Crippen molar-refractivity contribution in [2.75, 3.05) is 23.4 Å². The molecule has 2 aromatic rings. The van der Waals surface area contributed by atoms with E-state index >= 15 is 0 Å². The molecule has 0 aromatic carbocycles. The third-order valence-corrected chi connectivity index (χ3v) is 5.35. The fraction of sp³-hybridized carbons (Fsp3) is 0.417. The van der Waals surface area contributed by atoms with E-state index in [-0.39, 0.29) is 5.43 Å². The fourth-order valence-electron chi connectivity index (χ4n) is 1.50. The van der Waals surface area contributed by atoms with Gasteiger partial charge in [0.15, 0.2) is 11.5 Å². The standard InChI is InChI=1S/C12H14BrNO2S2/c1-2-4-17-5-3-14-10-6-9(15)12-11(16-10)8(13)7-18-12/h6-7,14H,2-5H2,1H3. The highest BCUT2D eigenvalue weighted by Gasteiger charge is 2.09. The number of nitrogens with one attached hydrogen (secondary N) is 1. The van der Waals surface area contributed by atoms with Gasteiger partial charge in [-0.2, -0.15) is 11.8 Å². The highest BCUT2D eigenvalue weighted by atomic mass is 79.9. The Balaban J connectivity index is 2.05. The zero-order valence-electron chi connectivity index (χ0n) is 9.99. The lowest BCUT2D eigenvalue weighted by atomic mass is 10.4. The third-order valence-electron chi connectivity index (χ3n) is 2.30. The van der Waals surface area contributed by atoms with Crippen LogP contribution in [0.3, 0.4) is 0 Å². The second kappa shape index (κ2) is 6.63. The van der Waals surface area contributed by atoms with E-state index in [0.29, 0.717) is 16.2 Å². The van der Waals surface area contributed by atoms with Crippen LogP contribution < -0.4 is 10.7 Å². The summed E-state index contributed by atoms with van der Waals surface area (Å²) in [6, 6.07) is 1.52. The maximum Gasteiger partial charge on any atom is 0.204 e. The van der Waals surface area contributed by atoms with Gasteiger partial charge < -0.3 is 9.73 Å². The van der Waals surface area contributed by atoms with Crippen LogP contribution in [0.4, 0.5) is 5.88 Å². The predicted molar refractivity (Wildman–Crippen MR) is 84.2 cm³/mol. The van der Waals surface area contributed by atoms with Crippen LogP contribution in [-0.2, 0) is 0 Å². The van der Waals surface area contributed by atoms with Gasteiger partial charge in [0.2, 0.25) is 5.43 Å². The second-order valence-corrected chi connectivity index (χ2v) is 6.71. The monoisotopic (exact) mass is 347 g/mol. The van der Waals surface area contributed by atoms with E-state index in [1.807, 2.05) is 17.1 Å². The lowest BCUT2D eigenvalue weighted by molar-refractivity contribution is 0.615. The minimum Gasteiger partial charge on any atom is -0.438 e. The Morgan fingerprint density at radius 1 is 1.50 bits per heavy atom. The molecule has 0 aliphatic heterocycles. The molecule has 0 fully saturated rings. The van der Waals surface area contributed by atoms with Gasteiger partial charge in [-0.3, -0.25) is 4.79 Å². The molecule has 0 radical (unpaired) electrons. The molecule has 0 amide bonds. The van der Waals surface area contributed by atoms with Crippen LogP contribution in [-0.4, -0.2) is 18.1 Å². The molecule has 0 aliphatic rings. The van der Waals surface area contributed by atoms with Gasteiger partial charge in [-0.25, -0.2) is 0 Å². The number of thiophene rings is 1. The Morgan fingerprint density at radius 2 is 2.33 bits per heavy atom. The van der Waals surface area contributed by atoms with E-state index in [4.69, 9.17) is 4.42 Å². The summed E-state index contributed by atoms with van der Waals surface area (Å²) in [5, 5.41) is 5.02. The molecule has 0 atom stereocenters. The van der Waals surface area contributed by atoms with Crippen molar-refractivity contribution in [2.45, 2.75) is 13.3 Å². The summed E-state index contributed by atoms with van der Waals surface area (Å²) >= 11 is 6.68. The Labute approximate surface area is 122 Å². The zero-order valence-corrected chi connectivity index (χ0v) is 13.2. The van der Waals surface area contributed by atoms with Crippen LogP contribution in [0.25, 0.3) is 10.3 Å². The van der Waals surface area contributed by atoms with E-state index in [2.05, 4.69) is 28.2 Å². The molecule has 2 rings (SSSR count). The van der Waals surface area contributed by atoms with Gasteiger partial charge in [0, 0.05) is 23.7 Å². The van der Waals surface area contributed by atoms with Gasteiger partial charge in [0.05, 0.1) is 4.47 Å². The van der Waals surface area contributed by atoms with Crippen molar-refractivity contribution in [1.29, 1.82) is 0 Å². The molecule has 0 saturated heterocycles. The number of halogens is 1. The summed E-state index contributed by atoms with van der Waals surface area (Å²) < 4.78 is 7.16. The number of fused-ring (bicyclic) bond motifs is 1. The van der Waals surface area contributed by atoms with E-state index in [1.54, 1.807) is 0 Å². The second-order valence-electron chi connectivity index (χ2n) is 3.76. The van der Waals surface area contributed by atoms with Crippen LogP contribution in [0.5, 0.6) is 0 Å². The number of hydrogen-bond donors (Lipinski definition) is 1. The molecule has 2 aromatic heterocycles. The maximum atomic E-state index is 11.8. The lowest BCUT2D eigenvalue weighted by Gasteiger charge is -2.04. The highest BCUT2D eigenvalue weighted by molar-refractivity contribution is 9.10. The summed E-state index contributed by atoms with van der Waals surface area (Å²) in [6.45, 7) is 2.97. The van der Waals surface area contributed by atoms with E-state index < -0.39 is 0 Å². The van der Waals surface area contributed by atoms with Gasteiger partial charge in [0.1, 0.15) is 4.70 Å². The Hall–Kier alpha value is -0.460. The first-order chi connectivity index (χ1) is 8.72. The van der Waals surface area contributed by atoms with E-state index in [9.17, 15) is 4.79 Å². The van der Waals surface area contributed by atoms with Gasteiger partial charge >= 0.3 is 0 Å². The average Bonchev–Trinajstić information content (AvgIpc) is 2.72. The van der Waals surface area contributed by atoms with Crippen molar-refractivity contribution in [1.82, 2.24) is 0 Å². The van der Waals surface area contributed by atoms with Gasteiger partial charge in [0.25, 0.3) is 0 Å². The molecule has 0 aliphatic carbocycles. The fourth-order valence-corrected chi connectivity index (χ4v) is 3.69. The largest absolute Gasteiger partial charge is 0.438 e. The van der Waals surface area contributed by atoms with Crippen LogP contribution in [0.2, 0.25) is 0 Å². The topological polar surface area (TPSA) is 42.2 Å². The first-order valence-electron chi connectivity index (χ1n) is 5.75. The zero-order chi connectivity index (χ0) is 13.0. The number of hydrogen-bond acceptors (Lipinski definition) is 5. The Kier molecular flexibility index (Phi) is 5.14. The Morgan fingerprint density at radius 3 is 3.11 bits per heavy atom. The van der Waals surface area contributed by atoms with Gasteiger partial charge in [-0.05, 0) is 28.1 Å². The summed E-state index contributed by atoms with van der Waals surface area (Å²) in [6.07, 6.45) is 1.19. The number of thioether (sulfide) groups is 1. The maximum absolute atomic E-state index is 11.8. The van der Waals surface area contributed by atoms with Crippen LogP contribution >= 0.6 is 39.0 Å². The molecule has 0 unspecified atom stereocenters. The predicted octanol–water partition coefficient (Wildman–Crippen LogP) is 4.17. The van der Waals surface area contributed by atoms with Crippen LogP contribution in [0.1, 0.15) is 13.3 Å². The van der Waals surface area contributed by atoms with Crippen molar-refractivity contribution in [3.05, 3.63) is 26.1 Å². The number of anilines is 1. The van der Waals surface area contributed by atoms with Crippen molar-refractivity contribution in [3.63, 3.8) is 0 Å². The van der Waals surface area contributed by atoms with Crippen LogP contribution in [0, 0.1) is 0 Å². The number of rotatable bonds is 6. The van der Waals surface area contributed by atoms with Crippen LogP contribution in [0.15, 0.2) is 25.1 Å². The molecule has 1 N–H and O–H groups in total. The van der Waals surface area contributed by atoms with Gasteiger partial charge in [-0.1, -0.05) is 6.92 Å². The minimum atomic E-state index is 0.00987. The molecule has 6 heteroatoms. The normalized spacial score (nSPS) is 11.0. The molecule has 18 heavy (non-hydrogen) atoms. The van der Waals surface area contributed by atoms with Crippen molar-refractivity contribution < 1.29 is 4.42 Å². The molecule has 3 nitrogen and oxygen atoms in total. The summed E-state index contributed by atoms with van der Waals surface area (Å²) in [5.41, 5.74) is 0.645. The van der Waals surface area contributed by atoms with Crippen molar-refractivity contribution in [2.24, 2.45) is 0 Å². The smallest absolute Gasteiger partial charge is 0.204 e.